The fourth-order valence-corrected chi connectivity index (χ4v) is 3.73. The Morgan fingerprint density at radius 3 is 2.64 bits per heavy atom. The molecule has 0 saturated carbocycles. The van der Waals surface area contributed by atoms with E-state index in [-0.39, 0.29) is 5.76 Å². The molecule has 2 atom stereocenters. The molecule has 114 valence electrons. The molecule has 2 heteroatoms. The van der Waals surface area contributed by atoms with Gasteiger partial charge in [-0.2, -0.15) is 0 Å². The Morgan fingerprint density at radius 2 is 2.00 bits per heavy atom. The maximum atomic E-state index is 9.50. The van der Waals surface area contributed by atoms with Crippen LogP contribution in [-0.2, 0) is 0 Å². The van der Waals surface area contributed by atoms with Gasteiger partial charge in [0.25, 0.3) is 0 Å². The van der Waals surface area contributed by atoms with E-state index in [2.05, 4.69) is 48.9 Å². The summed E-state index contributed by atoms with van der Waals surface area (Å²) in [5.74, 6) is 0.262. The standard InChI is InChI=1S/C20H23NO/c1-4-15-6-7-17(10-16(15)5-2)18-11-19-8-9-20(12-18)21(19)13-14(3)22/h4-7,10-11,19-20,22H,1-3,8-9,12-13H2. The van der Waals surface area contributed by atoms with Crippen molar-refractivity contribution >= 4 is 17.7 Å². The zero-order valence-corrected chi connectivity index (χ0v) is 13.0. The molecule has 1 N–H and O–H groups in total. The van der Waals surface area contributed by atoms with Crippen LogP contribution < -0.4 is 0 Å². The van der Waals surface area contributed by atoms with E-state index in [4.69, 9.17) is 0 Å². The van der Waals surface area contributed by atoms with E-state index in [9.17, 15) is 5.11 Å². The summed E-state index contributed by atoms with van der Waals surface area (Å²) in [4.78, 5) is 2.37. The number of hydrogen-bond donors (Lipinski definition) is 1. The van der Waals surface area contributed by atoms with Crippen molar-refractivity contribution in [2.24, 2.45) is 0 Å². The van der Waals surface area contributed by atoms with E-state index in [1.54, 1.807) is 0 Å². The number of nitrogens with zero attached hydrogens (tertiary/aromatic N) is 1. The van der Waals surface area contributed by atoms with E-state index in [1.165, 1.54) is 24.0 Å². The highest BCUT2D eigenvalue weighted by Gasteiger charge is 2.36. The fourth-order valence-electron chi connectivity index (χ4n) is 3.73. The van der Waals surface area contributed by atoms with Gasteiger partial charge in [0.05, 0.1) is 12.3 Å². The van der Waals surface area contributed by atoms with E-state index < -0.39 is 0 Å². The predicted molar refractivity (Wildman–Crippen MR) is 94.5 cm³/mol. The van der Waals surface area contributed by atoms with Gasteiger partial charge in [0.15, 0.2) is 0 Å². The molecule has 1 saturated heterocycles. The predicted octanol–water partition coefficient (Wildman–Crippen LogP) is 4.66. The molecule has 0 amide bonds. The molecule has 0 spiro atoms. The topological polar surface area (TPSA) is 23.5 Å². The number of rotatable bonds is 5. The molecule has 1 fully saturated rings. The average molecular weight is 293 g/mol. The molecule has 2 nitrogen and oxygen atoms in total. The van der Waals surface area contributed by atoms with Crippen molar-refractivity contribution in [2.75, 3.05) is 6.54 Å². The van der Waals surface area contributed by atoms with Crippen LogP contribution in [0.4, 0.5) is 0 Å². The first-order valence-corrected chi connectivity index (χ1v) is 7.85. The van der Waals surface area contributed by atoms with Crippen LogP contribution in [0.5, 0.6) is 0 Å². The van der Waals surface area contributed by atoms with Crippen molar-refractivity contribution in [3.05, 3.63) is 66.5 Å². The SMILES string of the molecule is C=Cc1ccc(C2=CC3CCC(C2)N3CC(=C)O)cc1C=C. The first kappa shape index (κ1) is 14.9. The number of fused-ring (bicyclic) bond motifs is 2. The normalized spacial score (nSPS) is 23.9. The summed E-state index contributed by atoms with van der Waals surface area (Å²) in [6, 6.07) is 7.43. The van der Waals surface area contributed by atoms with Crippen molar-refractivity contribution in [1.29, 1.82) is 0 Å². The lowest BCUT2D eigenvalue weighted by molar-refractivity contribution is 0.200. The lowest BCUT2D eigenvalue weighted by Gasteiger charge is -2.33. The van der Waals surface area contributed by atoms with Crippen molar-refractivity contribution in [2.45, 2.75) is 31.3 Å². The number of benzene rings is 1. The Bertz CT molecular complexity index is 656. The first-order chi connectivity index (χ1) is 10.6. The number of aliphatic hydroxyl groups is 1. The largest absolute Gasteiger partial charge is 0.512 e. The Labute approximate surface area is 132 Å². The number of aliphatic hydroxyl groups excluding tert-OH is 1. The summed E-state index contributed by atoms with van der Waals surface area (Å²) in [5, 5.41) is 9.50. The Kier molecular flexibility index (Phi) is 4.04. The maximum Gasteiger partial charge on any atom is 0.0991 e. The lowest BCUT2D eigenvalue weighted by Crippen LogP contribution is -2.39. The summed E-state index contributed by atoms with van der Waals surface area (Å²) in [7, 11) is 0. The monoisotopic (exact) mass is 293 g/mol. The van der Waals surface area contributed by atoms with Gasteiger partial charge in [0.1, 0.15) is 0 Å². The molecule has 2 unspecified atom stereocenters. The van der Waals surface area contributed by atoms with E-state index in [1.807, 2.05) is 12.2 Å². The van der Waals surface area contributed by atoms with Gasteiger partial charge in [-0.15, -0.1) is 0 Å². The van der Waals surface area contributed by atoms with Gasteiger partial charge in [-0.3, -0.25) is 4.90 Å². The summed E-state index contributed by atoms with van der Waals surface area (Å²) >= 11 is 0. The van der Waals surface area contributed by atoms with Crippen molar-refractivity contribution in [3.63, 3.8) is 0 Å². The van der Waals surface area contributed by atoms with Gasteiger partial charge in [0, 0.05) is 12.1 Å². The van der Waals surface area contributed by atoms with Crippen molar-refractivity contribution in [3.8, 4) is 0 Å². The minimum atomic E-state index is 0.262. The molecule has 2 aliphatic rings. The zero-order valence-electron chi connectivity index (χ0n) is 13.0. The van der Waals surface area contributed by atoms with Gasteiger partial charge >= 0.3 is 0 Å². The van der Waals surface area contributed by atoms with E-state index >= 15 is 0 Å². The Morgan fingerprint density at radius 1 is 1.23 bits per heavy atom. The molecule has 0 aliphatic carbocycles. The molecular weight excluding hydrogens is 270 g/mol. The second kappa shape index (κ2) is 5.98. The summed E-state index contributed by atoms with van der Waals surface area (Å²) in [5.41, 5.74) is 4.94. The molecule has 3 rings (SSSR count). The molecule has 1 aromatic rings. The summed E-state index contributed by atoms with van der Waals surface area (Å²) in [6.07, 6.45) is 9.52. The smallest absolute Gasteiger partial charge is 0.0991 e. The maximum absolute atomic E-state index is 9.50. The van der Waals surface area contributed by atoms with E-state index in [0.29, 0.717) is 18.6 Å². The van der Waals surface area contributed by atoms with Crippen LogP contribution in [0.15, 0.2) is 49.8 Å². The molecule has 2 heterocycles. The summed E-state index contributed by atoms with van der Waals surface area (Å²) < 4.78 is 0. The van der Waals surface area contributed by atoms with Crippen LogP contribution in [0.2, 0.25) is 0 Å². The van der Waals surface area contributed by atoms with Crippen LogP contribution in [0.25, 0.3) is 17.7 Å². The van der Waals surface area contributed by atoms with Crippen LogP contribution in [0, 0.1) is 0 Å². The molecule has 1 aromatic carbocycles. The molecule has 0 aromatic heterocycles. The minimum Gasteiger partial charge on any atom is -0.512 e. The van der Waals surface area contributed by atoms with Crippen molar-refractivity contribution in [1.82, 2.24) is 4.90 Å². The minimum absolute atomic E-state index is 0.262. The van der Waals surface area contributed by atoms with Crippen LogP contribution >= 0.6 is 0 Å². The van der Waals surface area contributed by atoms with Gasteiger partial charge in [-0.05, 0) is 47.6 Å². The fraction of sp³-hybridized carbons (Fsp3) is 0.300. The average Bonchev–Trinajstić information content (AvgIpc) is 2.75. The zero-order chi connectivity index (χ0) is 15.7. The van der Waals surface area contributed by atoms with Gasteiger partial charge in [-0.1, -0.05) is 50.1 Å². The second-order valence-electron chi connectivity index (χ2n) is 6.19. The highest BCUT2D eigenvalue weighted by molar-refractivity contribution is 5.73. The van der Waals surface area contributed by atoms with Crippen molar-refractivity contribution < 1.29 is 5.11 Å². The molecule has 2 bridgehead atoms. The Balaban J connectivity index is 1.89. The molecular formula is C20H23NO. The van der Waals surface area contributed by atoms with Crippen LogP contribution in [0.3, 0.4) is 0 Å². The quantitative estimate of drug-likeness (QED) is 0.798. The Hall–Kier alpha value is -2.06. The van der Waals surface area contributed by atoms with E-state index in [0.717, 1.165) is 17.5 Å². The third-order valence-electron chi connectivity index (χ3n) is 4.80. The third kappa shape index (κ3) is 2.67. The highest BCUT2D eigenvalue weighted by atomic mass is 16.3. The third-order valence-corrected chi connectivity index (χ3v) is 4.80. The number of hydrogen-bond acceptors (Lipinski definition) is 2. The van der Waals surface area contributed by atoms with Gasteiger partial charge < -0.3 is 5.11 Å². The second-order valence-corrected chi connectivity index (χ2v) is 6.19. The van der Waals surface area contributed by atoms with Crippen LogP contribution in [0.1, 0.15) is 36.0 Å². The summed E-state index contributed by atoms with van der Waals surface area (Å²) in [6.45, 7) is 12.0. The van der Waals surface area contributed by atoms with Gasteiger partial charge in [0.2, 0.25) is 0 Å². The van der Waals surface area contributed by atoms with Crippen LogP contribution in [-0.4, -0.2) is 28.6 Å². The highest BCUT2D eigenvalue weighted by Crippen LogP contribution is 2.39. The first-order valence-electron chi connectivity index (χ1n) is 7.85. The lowest BCUT2D eigenvalue weighted by atomic mass is 9.92. The molecule has 2 aliphatic heterocycles. The van der Waals surface area contributed by atoms with Gasteiger partial charge in [-0.25, -0.2) is 0 Å². The molecule has 22 heavy (non-hydrogen) atoms. The molecule has 0 radical (unpaired) electrons.